The molecule has 1 atom stereocenters. The van der Waals surface area contributed by atoms with E-state index >= 15 is 0 Å². The van der Waals surface area contributed by atoms with Crippen LogP contribution in [-0.2, 0) is 16.1 Å². The smallest absolute Gasteiger partial charge is 0.243 e. The van der Waals surface area contributed by atoms with E-state index in [-0.39, 0.29) is 36.1 Å². The van der Waals surface area contributed by atoms with E-state index in [1.165, 1.54) is 12.1 Å². The average Bonchev–Trinajstić information content (AvgIpc) is 3.15. The number of hydrogen-bond acceptors (Lipinski definition) is 2. The SMILES string of the molecule is CCCN(CC(=O)N1CCn2cccc2C1c1cccc(F)c1)C(=O)CC(C)C. The molecule has 1 aromatic carbocycles. The summed E-state index contributed by atoms with van der Waals surface area (Å²) in [4.78, 5) is 29.4. The van der Waals surface area contributed by atoms with Gasteiger partial charge in [0.2, 0.25) is 11.8 Å². The van der Waals surface area contributed by atoms with Gasteiger partial charge in [0, 0.05) is 37.9 Å². The van der Waals surface area contributed by atoms with Gasteiger partial charge in [0.25, 0.3) is 0 Å². The molecule has 2 heterocycles. The third kappa shape index (κ3) is 4.86. The second-order valence-corrected chi connectivity index (χ2v) is 8.08. The Hall–Kier alpha value is -2.63. The molecule has 5 nitrogen and oxygen atoms in total. The number of hydrogen-bond donors (Lipinski definition) is 0. The van der Waals surface area contributed by atoms with E-state index in [1.807, 2.05) is 45.2 Å². The first-order valence-corrected chi connectivity index (χ1v) is 10.4. The van der Waals surface area contributed by atoms with E-state index < -0.39 is 0 Å². The fraction of sp³-hybridized carbons (Fsp3) is 0.478. The molecule has 2 amide bonds. The van der Waals surface area contributed by atoms with Crippen molar-refractivity contribution in [2.75, 3.05) is 19.6 Å². The van der Waals surface area contributed by atoms with Gasteiger partial charge in [-0.1, -0.05) is 32.9 Å². The van der Waals surface area contributed by atoms with Gasteiger partial charge in [-0.2, -0.15) is 0 Å². The Morgan fingerprint density at radius 2 is 2.00 bits per heavy atom. The lowest BCUT2D eigenvalue weighted by Gasteiger charge is -2.38. The molecule has 0 fully saturated rings. The molecule has 1 unspecified atom stereocenters. The molecule has 156 valence electrons. The van der Waals surface area contributed by atoms with E-state index in [0.29, 0.717) is 26.1 Å². The molecular formula is C23H30FN3O2. The van der Waals surface area contributed by atoms with Crippen molar-refractivity contribution in [3.63, 3.8) is 0 Å². The Bertz CT molecular complexity index is 861. The fourth-order valence-electron chi connectivity index (χ4n) is 3.97. The predicted molar refractivity (Wildman–Crippen MR) is 111 cm³/mol. The summed E-state index contributed by atoms with van der Waals surface area (Å²) in [5.41, 5.74) is 1.71. The Kier molecular flexibility index (Phi) is 6.72. The quantitative estimate of drug-likeness (QED) is 0.710. The summed E-state index contributed by atoms with van der Waals surface area (Å²) >= 11 is 0. The first-order valence-electron chi connectivity index (χ1n) is 10.4. The van der Waals surface area contributed by atoms with E-state index in [1.54, 1.807) is 15.9 Å². The average molecular weight is 400 g/mol. The van der Waals surface area contributed by atoms with Gasteiger partial charge in [-0.3, -0.25) is 9.59 Å². The van der Waals surface area contributed by atoms with Crippen LogP contribution in [0.4, 0.5) is 4.39 Å². The van der Waals surface area contributed by atoms with Crippen molar-refractivity contribution >= 4 is 11.8 Å². The lowest BCUT2D eigenvalue weighted by atomic mass is 9.99. The number of aromatic nitrogens is 1. The molecule has 0 saturated heterocycles. The van der Waals surface area contributed by atoms with Crippen LogP contribution in [0.3, 0.4) is 0 Å². The van der Waals surface area contributed by atoms with E-state index in [9.17, 15) is 14.0 Å². The highest BCUT2D eigenvalue weighted by molar-refractivity contribution is 5.85. The summed E-state index contributed by atoms with van der Waals surface area (Å²) in [5, 5.41) is 0. The maximum absolute atomic E-state index is 13.9. The Balaban J connectivity index is 1.86. The molecular weight excluding hydrogens is 369 g/mol. The number of amides is 2. The lowest BCUT2D eigenvalue weighted by Crippen LogP contribution is -2.48. The van der Waals surface area contributed by atoms with Crippen LogP contribution in [0.15, 0.2) is 42.6 Å². The van der Waals surface area contributed by atoms with E-state index in [0.717, 1.165) is 17.7 Å². The first-order chi connectivity index (χ1) is 13.9. The molecule has 1 aliphatic heterocycles. The molecule has 0 spiro atoms. The van der Waals surface area contributed by atoms with Crippen molar-refractivity contribution in [3.05, 3.63) is 59.7 Å². The van der Waals surface area contributed by atoms with Gasteiger partial charge in [-0.15, -0.1) is 0 Å². The zero-order valence-electron chi connectivity index (χ0n) is 17.5. The summed E-state index contributed by atoms with van der Waals surface area (Å²) in [7, 11) is 0. The normalized spacial score (nSPS) is 16.0. The topological polar surface area (TPSA) is 45.6 Å². The van der Waals surface area contributed by atoms with E-state index in [4.69, 9.17) is 0 Å². The molecule has 6 heteroatoms. The lowest BCUT2D eigenvalue weighted by molar-refractivity contribution is -0.142. The monoisotopic (exact) mass is 399 g/mol. The number of carbonyl (C=O) groups is 2. The number of rotatable bonds is 7. The highest BCUT2D eigenvalue weighted by Crippen LogP contribution is 2.32. The fourth-order valence-corrected chi connectivity index (χ4v) is 3.97. The largest absolute Gasteiger partial charge is 0.348 e. The molecule has 2 aromatic rings. The minimum atomic E-state index is -0.356. The van der Waals surface area contributed by atoms with Crippen molar-refractivity contribution in [1.29, 1.82) is 0 Å². The Morgan fingerprint density at radius 1 is 1.21 bits per heavy atom. The minimum Gasteiger partial charge on any atom is -0.348 e. The predicted octanol–water partition coefficient (Wildman–Crippen LogP) is 3.84. The maximum atomic E-state index is 13.9. The number of fused-ring (bicyclic) bond motifs is 1. The molecule has 0 saturated carbocycles. The first kappa shape index (κ1) is 21.1. The van der Waals surface area contributed by atoms with Crippen LogP contribution in [0, 0.1) is 11.7 Å². The molecule has 0 bridgehead atoms. The van der Waals surface area contributed by atoms with Crippen LogP contribution in [0.25, 0.3) is 0 Å². The summed E-state index contributed by atoms with van der Waals surface area (Å²) in [5.74, 6) is -0.163. The number of benzene rings is 1. The van der Waals surface area contributed by atoms with Crippen LogP contribution in [0.2, 0.25) is 0 Å². The standard InChI is InChI=1S/C23H30FN3O2/c1-4-10-26(21(28)14-17(2)3)16-22(29)27-13-12-25-11-6-9-20(25)23(27)18-7-5-8-19(24)15-18/h5-9,11,15,17,23H,4,10,12-14,16H2,1-3H3. The minimum absolute atomic E-state index is 0.0119. The maximum Gasteiger partial charge on any atom is 0.243 e. The summed E-state index contributed by atoms with van der Waals surface area (Å²) in [6, 6.07) is 9.99. The highest BCUT2D eigenvalue weighted by atomic mass is 19.1. The van der Waals surface area contributed by atoms with Gasteiger partial charge < -0.3 is 14.4 Å². The van der Waals surface area contributed by atoms with Crippen LogP contribution in [0.5, 0.6) is 0 Å². The second-order valence-electron chi connectivity index (χ2n) is 8.08. The van der Waals surface area contributed by atoms with Crippen LogP contribution in [0.1, 0.15) is 50.9 Å². The van der Waals surface area contributed by atoms with Crippen LogP contribution in [-0.4, -0.2) is 45.8 Å². The molecule has 0 aliphatic carbocycles. The van der Waals surface area contributed by atoms with Crippen molar-refractivity contribution in [1.82, 2.24) is 14.4 Å². The Labute approximate surface area is 172 Å². The molecule has 3 rings (SSSR count). The summed E-state index contributed by atoms with van der Waals surface area (Å²) < 4.78 is 16.0. The Morgan fingerprint density at radius 3 is 2.69 bits per heavy atom. The van der Waals surface area contributed by atoms with Crippen LogP contribution >= 0.6 is 0 Å². The molecule has 1 aliphatic rings. The zero-order valence-corrected chi connectivity index (χ0v) is 17.5. The van der Waals surface area contributed by atoms with Gasteiger partial charge in [0.15, 0.2) is 0 Å². The van der Waals surface area contributed by atoms with Crippen molar-refractivity contribution in [2.45, 2.75) is 46.2 Å². The third-order valence-electron chi connectivity index (χ3n) is 5.28. The molecule has 0 N–H and O–H groups in total. The van der Waals surface area contributed by atoms with Gasteiger partial charge in [-0.05, 0) is 42.2 Å². The number of nitrogens with zero attached hydrogens (tertiary/aromatic N) is 3. The molecule has 0 radical (unpaired) electrons. The number of carbonyl (C=O) groups excluding carboxylic acids is 2. The van der Waals surface area contributed by atoms with E-state index in [2.05, 4.69) is 4.57 Å². The zero-order chi connectivity index (χ0) is 21.0. The van der Waals surface area contributed by atoms with Gasteiger partial charge in [0.1, 0.15) is 5.82 Å². The second kappa shape index (κ2) is 9.25. The third-order valence-corrected chi connectivity index (χ3v) is 5.28. The van der Waals surface area contributed by atoms with Crippen molar-refractivity contribution in [2.24, 2.45) is 5.92 Å². The van der Waals surface area contributed by atoms with Gasteiger partial charge in [0.05, 0.1) is 12.6 Å². The molecule has 1 aromatic heterocycles. The summed E-state index contributed by atoms with van der Waals surface area (Å²) in [6.07, 6.45) is 3.22. The van der Waals surface area contributed by atoms with Gasteiger partial charge >= 0.3 is 0 Å². The van der Waals surface area contributed by atoms with Crippen molar-refractivity contribution in [3.8, 4) is 0 Å². The highest BCUT2D eigenvalue weighted by Gasteiger charge is 2.33. The van der Waals surface area contributed by atoms with Crippen LogP contribution < -0.4 is 0 Å². The van der Waals surface area contributed by atoms with Gasteiger partial charge in [-0.25, -0.2) is 4.39 Å². The molecule has 29 heavy (non-hydrogen) atoms. The summed E-state index contributed by atoms with van der Waals surface area (Å²) in [6.45, 7) is 7.85. The number of halogens is 1. The van der Waals surface area contributed by atoms with Crippen molar-refractivity contribution < 1.29 is 14.0 Å².